The number of nitrogens with zero attached hydrogens (tertiary/aromatic N) is 2. The largest absolute Gasteiger partial charge is 0.250 e. The molecule has 1 heterocycles. The van der Waals surface area contributed by atoms with E-state index in [0.717, 1.165) is 28.2 Å². The Morgan fingerprint density at radius 3 is 2.36 bits per heavy atom. The number of aryl methyl sites for hydroxylation is 2. The first-order valence-corrected chi connectivity index (χ1v) is 5.18. The van der Waals surface area contributed by atoms with Crippen molar-refractivity contribution < 1.29 is 0 Å². The molecule has 2 aromatic rings. The maximum atomic E-state index is 4.49. The average molecular weight is 204 g/mol. The fraction of sp³-hybridized carbons (Fsp3) is 0.273. The van der Waals surface area contributed by atoms with Crippen LogP contribution in [0.25, 0.3) is 11.0 Å². The van der Waals surface area contributed by atoms with E-state index in [1.807, 2.05) is 32.0 Å². The van der Waals surface area contributed by atoms with Crippen molar-refractivity contribution >= 4 is 23.7 Å². The van der Waals surface area contributed by atoms with Crippen molar-refractivity contribution in [2.45, 2.75) is 19.6 Å². The lowest BCUT2D eigenvalue weighted by molar-refractivity contribution is 1.10. The normalized spacial score (nSPS) is 10.8. The highest BCUT2D eigenvalue weighted by Gasteiger charge is 2.01. The molecule has 0 saturated carbocycles. The summed E-state index contributed by atoms with van der Waals surface area (Å²) in [6.07, 6.45) is 0. The SMILES string of the molecule is Cc1nc2ccc(CS)cc2nc1C. The number of aromatic nitrogens is 2. The van der Waals surface area contributed by atoms with Crippen LogP contribution in [0.4, 0.5) is 0 Å². The van der Waals surface area contributed by atoms with Gasteiger partial charge in [0.05, 0.1) is 22.4 Å². The molecule has 0 fully saturated rings. The second-order valence-electron chi connectivity index (χ2n) is 3.38. The molecule has 0 aliphatic rings. The lowest BCUT2D eigenvalue weighted by atomic mass is 10.2. The second-order valence-corrected chi connectivity index (χ2v) is 3.69. The number of hydrogen-bond acceptors (Lipinski definition) is 3. The minimum absolute atomic E-state index is 0.741. The van der Waals surface area contributed by atoms with Crippen molar-refractivity contribution in [1.29, 1.82) is 0 Å². The predicted molar refractivity (Wildman–Crippen MR) is 61.7 cm³/mol. The van der Waals surface area contributed by atoms with Crippen molar-refractivity contribution in [3.8, 4) is 0 Å². The highest BCUT2D eigenvalue weighted by atomic mass is 32.1. The highest BCUT2D eigenvalue weighted by molar-refractivity contribution is 7.79. The lowest BCUT2D eigenvalue weighted by Gasteiger charge is -2.03. The standard InChI is InChI=1S/C11H12N2S/c1-7-8(2)13-11-5-9(6-14)3-4-10(11)12-7/h3-5,14H,6H2,1-2H3. The van der Waals surface area contributed by atoms with Crippen molar-refractivity contribution in [3.63, 3.8) is 0 Å². The van der Waals surface area contributed by atoms with Crippen LogP contribution in [0, 0.1) is 13.8 Å². The Hall–Kier alpha value is -1.09. The van der Waals surface area contributed by atoms with E-state index in [0.29, 0.717) is 0 Å². The number of rotatable bonds is 1. The molecule has 0 aliphatic carbocycles. The summed E-state index contributed by atoms with van der Waals surface area (Å²) in [4.78, 5) is 8.95. The summed E-state index contributed by atoms with van der Waals surface area (Å²) in [5.74, 6) is 0.741. The molecule has 0 radical (unpaired) electrons. The van der Waals surface area contributed by atoms with Gasteiger partial charge in [-0.25, -0.2) is 9.97 Å². The number of benzene rings is 1. The van der Waals surface area contributed by atoms with Gasteiger partial charge in [-0.3, -0.25) is 0 Å². The molecule has 0 saturated heterocycles. The van der Waals surface area contributed by atoms with Gasteiger partial charge in [0.1, 0.15) is 0 Å². The van der Waals surface area contributed by atoms with Crippen molar-refractivity contribution in [2.75, 3.05) is 0 Å². The average Bonchev–Trinajstić information content (AvgIpc) is 2.19. The highest BCUT2D eigenvalue weighted by Crippen LogP contribution is 2.15. The van der Waals surface area contributed by atoms with Crippen molar-refractivity contribution in [1.82, 2.24) is 9.97 Å². The molecule has 0 unspecified atom stereocenters. The van der Waals surface area contributed by atoms with Crippen LogP contribution in [0.5, 0.6) is 0 Å². The number of hydrogen-bond donors (Lipinski definition) is 1. The van der Waals surface area contributed by atoms with Crippen LogP contribution in [-0.4, -0.2) is 9.97 Å². The van der Waals surface area contributed by atoms with E-state index in [2.05, 4.69) is 22.6 Å². The fourth-order valence-corrected chi connectivity index (χ4v) is 1.57. The van der Waals surface area contributed by atoms with Crippen LogP contribution in [0.15, 0.2) is 18.2 Å². The smallest absolute Gasteiger partial charge is 0.0893 e. The topological polar surface area (TPSA) is 25.8 Å². The Labute approximate surface area is 88.8 Å². The zero-order valence-corrected chi connectivity index (χ0v) is 9.18. The van der Waals surface area contributed by atoms with Gasteiger partial charge in [-0.2, -0.15) is 12.6 Å². The molecule has 0 spiro atoms. The maximum absolute atomic E-state index is 4.49. The number of fused-ring (bicyclic) bond motifs is 1. The summed E-state index contributed by atoms with van der Waals surface area (Å²) in [6.45, 7) is 3.96. The van der Waals surface area contributed by atoms with Crippen LogP contribution < -0.4 is 0 Å². The van der Waals surface area contributed by atoms with Gasteiger partial charge in [-0.1, -0.05) is 6.07 Å². The minimum Gasteiger partial charge on any atom is -0.250 e. The fourth-order valence-electron chi connectivity index (χ4n) is 1.37. The van der Waals surface area contributed by atoms with E-state index >= 15 is 0 Å². The Bertz CT molecular complexity index is 480. The van der Waals surface area contributed by atoms with Gasteiger partial charge in [0.15, 0.2) is 0 Å². The Morgan fingerprint density at radius 1 is 1.07 bits per heavy atom. The summed E-state index contributed by atoms with van der Waals surface area (Å²) in [5, 5.41) is 0. The molecular formula is C11H12N2S. The molecule has 0 bridgehead atoms. The van der Waals surface area contributed by atoms with E-state index in [-0.39, 0.29) is 0 Å². The van der Waals surface area contributed by atoms with Gasteiger partial charge in [0.25, 0.3) is 0 Å². The summed E-state index contributed by atoms with van der Waals surface area (Å²) in [6, 6.07) is 6.08. The van der Waals surface area contributed by atoms with E-state index in [1.54, 1.807) is 0 Å². The van der Waals surface area contributed by atoms with Gasteiger partial charge in [-0.05, 0) is 31.5 Å². The third-order valence-electron chi connectivity index (χ3n) is 2.32. The first-order chi connectivity index (χ1) is 6.70. The first kappa shape index (κ1) is 9.46. The zero-order chi connectivity index (χ0) is 10.1. The Morgan fingerprint density at radius 2 is 1.71 bits per heavy atom. The molecule has 0 atom stereocenters. The number of thiol groups is 1. The summed E-state index contributed by atoms with van der Waals surface area (Å²) in [5.41, 5.74) is 5.08. The predicted octanol–water partition coefficient (Wildman–Crippen LogP) is 2.68. The van der Waals surface area contributed by atoms with E-state index in [9.17, 15) is 0 Å². The van der Waals surface area contributed by atoms with E-state index in [1.165, 1.54) is 5.56 Å². The van der Waals surface area contributed by atoms with Crippen LogP contribution >= 0.6 is 12.6 Å². The maximum Gasteiger partial charge on any atom is 0.0893 e. The molecule has 1 aromatic heterocycles. The Balaban J connectivity index is 2.70. The molecule has 0 amide bonds. The first-order valence-electron chi connectivity index (χ1n) is 4.55. The van der Waals surface area contributed by atoms with Crippen LogP contribution in [0.3, 0.4) is 0 Å². The molecule has 14 heavy (non-hydrogen) atoms. The molecule has 0 aliphatic heterocycles. The van der Waals surface area contributed by atoms with Crippen LogP contribution in [0.2, 0.25) is 0 Å². The molecule has 72 valence electrons. The second kappa shape index (κ2) is 3.58. The van der Waals surface area contributed by atoms with Gasteiger partial charge in [-0.15, -0.1) is 0 Å². The molecule has 2 nitrogen and oxygen atoms in total. The van der Waals surface area contributed by atoms with Crippen molar-refractivity contribution in [2.24, 2.45) is 0 Å². The third-order valence-corrected chi connectivity index (χ3v) is 2.69. The quantitative estimate of drug-likeness (QED) is 0.723. The van der Waals surface area contributed by atoms with Gasteiger partial charge >= 0.3 is 0 Å². The third kappa shape index (κ3) is 1.60. The van der Waals surface area contributed by atoms with Gasteiger partial charge in [0.2, 0.25) is 0 Å². The summed E-state index contributed by atoms with van der Waals surface area (Å²) in [7, 11) is 0. The molecule has 3 heteroatoms. The van der Waals surface area contributed by atoms with Crippen LogP contribution in [-0.2, 0) is 5.75 Å². The van der Waals surface area contributed by atoms with Gasteiger partial charge < -0.3 is 0 Å². The zero-order valence-electron chi connectivity index (χ0n) is 8.28. The van der Waals surface area contributed by atoms with E-state index in [4.69, 9.17) is 0 Å². The molecular weight excluding hydrogens is 192 g/mol. The van der Waals surface area contributed by atoms with Crippen molar-refractivity contribution in [3.05, 3.63) is 35.2 Å². The van der Waals surface area contributed by atoms with E-state index < -0.39 is 0 Å². The van der Waals surface area contributed by atoms with Crippen LogP contribution in [0.1, 0.15) is 17.0 Å². The summed E-state index contributed by atoms with van der Waals surface area (Å²) < 4.78 is 0. The van der Waals surface area contributed by atoms with Gasteiger partial charge in [0, 0.05) is 5.75 Å². The lowest BCUT2D eigenvalue weighted by Crippen LogP contribution is -1.93. The monoisotopic (exact) mass is 204 g/mol. The Kier molecular flexibility index (Phi) is 2.42. The molecule has 2 rings (SSSR count). The molecule has 1 aromatic carbocycles. The minimum atomic E-state index is 0.741. The molecule has 0 N–H and O–H groups in total. The summed E-state index contributed by atoms with van der Waals surface area (Å²) >= 11 is 4.23.